The first kappa shape index (κ1) is 43.0. The maximum Gasteiger partial charge on any atom is 0.410 e. The van der Waals surface area contributed by atoms with Crippen LogP contribution in [0.5, 0.6) is 0 Å². The number of ether oxygens (including phenoxy) is 5. The Morgan fingerprint density at radius 2 is 1.74 bits per heavy atom. The van der Waals surface area contributed by atoms with Crippen molar-refractivity contribution in [2.75, 3.05) is 33.5 Å². The van der Waals surface area contributed by atoms with Gasteiger partial charge in [0, 0.05) is 50.3 Å². The lowest BCUT2D eigenvalue weighted by Crippen LogP contribution is -2.60. The van der Waals surface area contributed by atoms with E-state index in [0.29, 0.717) is 23.8 Å². The van der Waals surface area contributed by atoms with E-state index in [1.54, 1.807) is 58.2 Å². The van der Waals surface area contributed by atoms with Gasteiger partial charge >= 0.3 is 12.1 Å². The van der Waals surface area contributed by atoms with E-state index in [-0.39, 0.29) is 37.3 Å². The highest BCUT2D eigenvalue weighted by Gasteiger charge is 2.60. The molecule has 0 saturated carbocycles. The van der Waals surface area contributed by atoms with Crippen LogP contribution in [-0.2, 0) is 45.1 Å². The number of cyclic esters (lactones) is 1. The molecule has 0 spiro atoms. The summed E-state index contributed by atoms with van der Waals surface area (Å²) in [6.07, 6.45) is -3.54. The number of nitrogens with zero attached hydrogens (tertiary/aromatic N) is 6. The normalized spacial score (nSPS) is 39.1. The number of aryl methyl sites for hydroxylation is 1. The number of esters is 1. The summed E-state index contributed by atoms with van der Waals surface area (Å²) in [6, 6.07) is -1.08. The van der Waals surface area contributed by atoms with Gasteiger partial charge in [-0.25, -0.2) is 9.48 Å². The highest BCUT2D eigenvalue weighted by molar-refractivity contribution is 7.99. The third-order valence-corrected chi connectivity index (χ3v) is 12.6. The Morgan fingerprint density at radius 3 is 2.32 bits per heavy atom. The zero-order chi connectivity index (χ0) is 39.6. The quantitative estimate of drug-likeness (QED) is 0.159. The molecule has 0 radical (unpaired) electrons. The first-order valence-electron chi connectivity index (χ1n) is 18.6. The van der Waals surface area contributed by atoms with Gasteiger partial charge in [0.15, 0.2) is 17.7 Å². The van der Waals surface area contributed by atoms with Crippen molar-refractivity contribution in [3.05, 3.63) is 0 Å². The number of aliphatic hydroxyl groups is 1. The highest BCUT2D eigenvalue weighted by Crippen LogP contribution is 2.43. The predicted molar refractivity (Wildman–Crippen MR) is 194 cm³/mol. The van der Waals surface area contributed by atoms with Crippen LogP contribution in [-0.4, -0.2) is 146 Å². The maximum absolute atomic E-state index is 14.6. The van der Waals surface area contributed by atoms with Crippen molar-refractivity contribution in [3.63, 3.8) is 0 Å². The number of rotatable bonds is 10. The van der Waals surface area contributed by atoms with E-state index in [0.717, 1.165) is 0 Å². The van der Waals surface area contributed by atoms with Gasteiger partial charge in [0.25, 0.3) is 0 Å². The second-order valence-corrected chi connectivity index (χ2v) is 16.7. The number of likely N-dealkylation sites (N-methyl/N-ethyl adjacent to an activating group) is 1. The van der Waals surface area contributed by atoms with Crippen LogP contribution in [0.15, 0.2) is 5.16 Å². The first-order chi connectivity index (χ1) is 24.8. The van der Waals surface area contributed by atoms with Crippen LogP contribution in [0.25, 0.3) is 0 Å². The van der Waals surface area contributed by atoms with Crippen molar-refractivity contribution in [1.82, 2.24) is 30.0 Å². The molecule has 3 saturated heterocycles. The lowest BCUT2D eigenvalue weighted by molar-refractivity contribution is -0.295. The summed E-state index contributed by atoms with van der Waals surface area (Å²) in [5, 5.41) is 23.5. The fourth-order valence-corrected chi connectivity index (χ4v) is 9.22. The second-order valence-electron chi connectivity index (χ2n) is 15.7. The minimum atomic E-state index is -1.40. The number of carbonyl (C=O) groups excluding carboxylic acids is 4. The summed E-state index contributed by atoms with van der Waals surface area (Å²) in [4.78, 5) is 59.8. The van der Waals surface area contributed by atoms with Crippen LogP contribution in [0.4, 0.5) is 4.79 Å². The molecule has 1 amide bonds. The fraction of sp³-hybridized carbons (Fsp3) is 0.861. The molecule has 1 aromatic rings. The Bertz CT molecular complexity index is 1470. The molecule has 3 aliphatic heterocycles. The van der Waals surface area contributed by atoms with Crippen molar-refractivity contribution in [2.24, 2.45) is 30.7 Å². The molecule has 3 aliphatic rings. The minimum absolute atomic E-state index is 0.126. The van der Waals surface area contributed by atoms with Crippen molar-refractivity contribution < 1.29 is 48.0 Å². The highest BCUT2D eigenvalue weighted by atomic mass is 32.2. The minimum Gasteiger partial charge on any atom is -0.458 e. The zero-order valence-corrected chi connectivity index (χ0v) is 34.1. The maximum atomic E-state index is 14.6. The van der Waals surface area contributed by atoms with Gasteiger partial charge in [-0.15, -0.1) is 5.10 Å². The number of aromatic nitrogens is 4. The number of ketones is 2. The summed E-state index contributed by atoms with van der Waals surface area (Å²) in [5.41, 5.74) is -2.67. The van der Waals surface area contributed by atoms with Crippen LogP contribution >= 0.6 is 11.8 Å². The number of thioether (sulfide) groups is 1. The van der Waals surface area contributed by atoms with Gasteiger partial charge in [0.05, 0.1) is 23.9 Å². The molecule has 1 aromatic heterocycles. The number of aliphatic hydroxyl groups excluding tert-OH is 1. The third kappa shape index (κ3) is 8.90. The molecule has 3 fully saturated rings. The lowest BCUT2D eigenvalue weighted by atomic mass is 9.73. The number of hydrogen-bond donors (Lipinski definition) is 1. The van der Waals surface area contributed by atoms with Gasteiger partial charge in [0.2, 0.25) is 5.16 Å². The Kier molecular flexibility index (Phi) is 14.1. The van der Waals surface area contributed by atoms with E-state index in [1.807, 2.05) is 25.9 Å². The van der Waals surface area contributed by atoms with Crippen molar-refractivity contribution >= 4 is 35.4 Å². The van der Waals surface area contributed by atoms with Crippen molar-refractivity contribution in [3.8, 4) is 0 Å². The number of fused-ring (bicyclic) bond motifs is 1. The zero-order valence-electron chi connectivity index (χ0n) is 33.3. The van der Waals surface area contributed by atoms with E-state index in [1.165, 1.54) is 25.8 Å². The number of methoxy groups -OCH3 is 1. The molecular formula is C36H60N6O10S. The molecule has 300 valence electrons. The van der Waals surface area contributed by atoms with E-state index < -0.39 is 83.4 Å². The van der Waals surface area contributed by atoms with Gasteiger partial charge in [-0.3, -0.25) is 14.4 Å². The second kappa shape index (κ2) is 17.4. The molecule has 4 rings (SSSR count). The van der Waals surface area contributed by atoms with Gasteiger partial charge in [0.1, 0.15) is 23.9 Å². The van der Waals surface area contributed by atoms with Crippen LogP contribution in [0.3, 0.4) is 0 Å². The summed E-state index contributed by atoms with van der Waals surface area (Å²) >= 11 is 1.44. The van der Waals surface area contributed by atoms with Crippen LogP contribution in [0.2, 0.25) is 0 Å². The lowest BCUT2D eigenvalue weighted by Gasteiger charge is -2.47. The average molecular weight is 769 g/mol. The molecular weight excluding hydrogens is 708 g/mol. The molecule has 0 aliphatic carbocycles. The van der Waals surface area contributed by atoms with Gasteiger partial charge in [-0.05, 0) is 77.9 Å². The number of hydrogen-bond acceptors (Lipinski definition) is 15. The Hall–Kier alpha value is -2.70. The predicted octanol–water partition coefficient (Wildman–Crippen LogP) is 2.90. The first-order valence-corrected chi connectivity index (χ1v) is 19.6. The molecule has 17 heteroatoms. The Labute approximate surface area is 317 Å². The van der Waals surface area contributed by atoms with E-state index >= 15 is 0 Å². The number of amides is 1. The summed E-state index contributed by atoms with van der Waals surface area (Å²) < 4.78 is 32.6. The fourth-order valence-electron chi connectivity index (χ4n) is 8.45. The monoisotopic (exact) mass is 768 g/mol. The molecule has 0 unspecified atom stereocenters. The molecule has 13 atom stereocenters. The van der Waals surface area contributed by atoms with Crippen LogP contribution in [0, 0.1) is 23.7 Å². The smallest absolute Gasteiger partial charge is 0.410 e. The van der Waals surface area contributed by atoms with Crippen molar-refractivity contribution in [2.45, 2.75) is 140 Å². The van der Waals surface area contributed by atoms with Crippen LogP contribution in [0.1, 0.15) is 81.1 Å². The van der Waals surface area contributed by atoms with Crippen molar-refractivity contribution in [1.29, 1.82) is 0 Å². The van der Waals surface area contributed by atoms with Crippen LogP contribution < -0.4 is 0 Å². The molecule has 4 heterocycles. The third-order valence-electron chi connectivity index (χ3n) is 11.5. The van der Waals surface area contributed by atoms with Gasteiger partial charge in [-0.2, -0.15) is 0 Å². The summed E-state index contributed by atoms with van der Waals surface area (Å²) in [5.74, 6) is -4.39. The number of carbonyl (C=O) groups is 4. The average Bonchev–Trinajstić information content (AvgIpc) is 3.64. The van der Waals surface area contributed by atoms with Gasteiger partial charge in [-0.1, -0.05) is 39.5 Å². The molecule has 16 nitrogen and oxygen atoms in total. The topological polar surface area (TPSA) is 185 Å². The summed E-state index contributed by atoms with van der Waals surface area (Å²) in [7, 11) is 6.97. The molecule has 0 bridgehead atoms. The van der Waals surface area contributed by atoms with Gasteiger partial charge < -0.3 is 38.6 Å². The molecule has 53 heavy (non-hydrogen) atoms. The Balaban J connectivity index is 1.72. The SMILES string of the molecule is CC[C@H]1OC(=O)[C@H](C)C(=O)[C@H](C)[C@@H](O[C@@H]2O[C@H](C)C[C@H](N(C)C)[C@H]2O)[C@](C)(OC)C[C@@H](C)C(=O)[C@H](C)[C@H]2N(CCCSc3nnnn3C)C(=O)O[C@]12C. The Morgan fingerprint density at radius 1 is 1.06 bits per heavy atom. The largest absolute Gasteiger partial charge is 0.458 e. The number of Topliss-reactive ketones (excluding diaryl/α,β-unsaturated/α-hetero) is 2. The standard InChI is InChI=1S/C36H60N6O10S/c1-13-25-36(8)29(42(34(47)52-36)15-14-16-53-33-37-38-39-41(33)11)21(4)26(43)19(2)18-35(7,48-12)30(22(5)27(44)23(6)31(46)50-25)51-32-28(45)24(40(9)10)17-20(3)49-32/h19-25,28-30,32,45H,13-18H2,1-12H3/t19-,20-,21+,22+,23-,24+,25-,28-,29-,30-,32+,35-,36-/m1/s1. The van der Waals surface area contributed by atoms with E-state index in [4.69, 9.17) is 23.7 Å². The number of tetrazole rings is 1. The molecule has 0 aromatic carbocycles. The molecule has 1 N–H and O–H groups in total. The van der Waals surface area contributed by atoms with E-state index in [9.17, 15) is 24.3 Å². The van der Waals surface area contributed by atoms with E-state index in [2.05, 4.69) is 15.5 Å². The summed E-state index contributed by atoms with van der Waals surface area (Å²) in [6.45, 7) is 14.2.